The highest BCUT2D eigenvalue weighted by atomic mass is 16.1. The van der Waals surface area contributed by atoms with Gasteiger partial charge in [-0.1, -0.05) is 12.1 Å². The molecule has 0 saturated carbocycles. The maximum atomic E-state index is 13.3. The molecule has 214 valence electrons. The quantitative estimate of drug-likeness (QED) is 0.0799. The van der Waals surface area contributed by atoms with Gasteiger partial charge < -0.3 is 15.2 Å². The van der Waals surface area contributed by atoms with Gasteiger partial charge in [-0.3, -0.25) is 14.6 Å². The largest absolute Gasteiger partial charge is 0.361 e. The minimum atomic E-state index is -0.278. The standard InChI is InChI=1S/C30H37N9O2/c1-6-13-38-29(41)25-19-32-30(34-28(25)39(38)27(8-7-16-40)35-37(5)20(2)3)33-22-9-10-23-24(18-31-26(23)17-22)21-11-14-36(4)15-12-21/h6-10,16-21,31H,1,11-15H2,2-5H3,(H,32,33,34)/b8-7-,35-27+. The van der Waals surface area contributed by atoms with Crippen molar-refractivity contribution in [2.75, 3.05) is 32.5 Å². The van der Waals surface area contributed by atoms with Crippen LogP contribution in [0.25, 0.3) is 21.9 Å². The first-order chi connectivity index (χ1) is 19.8. The van der Waals surface area contributed by atoms with E-state index < -0.39 is 0 Å². The number of aromatic nitrogens is 5. The molecule has 4 heterocycles. The molecule has 5 rings (SSSR count). The second kappa shape index (κ2) is 11.9. The van der Waals surface area contributed by atoms with E-state index in [0.29, 0.717) is 35.0 Å². The monoisotopic (exact) mass is 555 g/mol. The van der Waals surface area contributed by atoms with Crippen LogP contribution in [0.1, 0.15) is 38.2 Å². The van der Waals surface area contributed by atoms with Gasteiger partial charge in [0.15, 0.2) is 11.5 Å². The number of rotatable bonds is 9. The molecule has 0 unspecified atom stereocenters. The van der Waals surface area contributed by atoms with Crippen molar-refractivity contribution >= 4 is 45.7 Å². The molecule has 1 fully saturated rings. The molecule has 0 aliphatic carbocycles. The Morgan fingerprint density at radius 1 is 1.29 bits per heavy atom. The smallest absolute Gasteiger partial charge is 0.278 e. The summed E-state index contributed by atoms with van der Waals surface area (Å²) in [6.45, 7) is 10.2. The van der Waals surface area contributed by atoms with E-state index in [4.69, 9.17) is 4.98 Å². The normalized spacial score (nSPS) is 15.4. The van der Waals surface area contributed by atoms with Gasteiger partial charge in [0.25, 0.3) is 5.56 Å². The number of likely N-dealkylation sites (tertiary alicyclic amines) is 1. The molecule has 1 saturated heterocycles. The number of allylic oxidation sites excluding steroid dienone is 3. The Morgan fingerprint density at radius 3 is 2.78 bits per heavy atom. The summed E-state index contributed by atoms with van der Waals surface area (Å²) in [5, 5.41) is 11.3. The first kappa shape index (κ1) is 28.0. The number of hydrazone groups is 1. The fourth-order valence-corrected chi connectivity index (χ4v) is 5.17. The van der Waals surface area contributed by atoms with Crippen LogP contribution in [0.15, 0.2) is 65.3 Å². The summed E-state index contributed by atoms with van der Waals surface area (Å²) < 4.78 is 3.08. The number of H-pyrrole nitrogens is 1. The molecule has 1 aromatic carbocycles. The van der Waals surface area contributed by atoms with Crippen molar-refractivity contribution < 1.29 is 4.79 Å². The van der Waals surface area contributed by atoms with Crippen molar-refractivity contribution in [3.8, 4) is 0 Å². The van der Waals surface area contributed by atoms with Crippen LogP contribution >= 0.6 is 0 Å². The lowest BCUT2D eigenvalue weighted by Gasteiger charge is -2.28. The molecule has 0 atom stereocenters. The Kier molecular flexibility index (Phi) is 8.16. The Labute approximate surface area is 238 Å². The molecule has 3 aromatic heterocycles. The molecular weight excluding hydrogens is 518 g/mol. The van der Waals surface area contributed by atoms with Gasteiger partial charge in [-0.25, -0.2) is 14.3 Å². The van der Waals surface area contributed by atoms with E-state index in [1.807, 2.05) is 27.0 Å². The van der Waals surface area contributed by atoms with Gasteiger partial charge in [0.2, 0.25) is 5.95 Å². The highest BCUT2D eigenvalue weighted by Gasteiger charge is 2.22. The summed E-state index contributed by atoms with van der Waals surface area (Å²) in [5.41, 5.74) is 3.32. The molecule has 0 amide bonds. The number of anilines is 2. The van der Waals surface area contributed by atoms with E-state index in [0.717, 1.165) is 37.1 Å². The van der Waals surface area contributed by atoms with Gasteiger partial charge in [-0.2, -0.15) is 10.1 Å². The van der Waals surface area contributed by atoms with Crippen LogP contribution in [-0.4, -0.2) is 79.6 Å². The topological polar surface area (TPSA) is 116 Å². The van der Waals surface area contributed by atoms with Gasteiger partial charge in [0.1, 0.15) is 11.7 Å². The molecule has 0 bridgehead atoms. The Balaban J connectivity index is 1.53. The predicted octanol–water partition coefficient (Wildman–Crippen LogP) is 4.07. The van der Waals surface area contributed by atoms with Crippen LogP contribution < -0.4 is 10.9 Å². The van der Waals surface area contributed by atoms with Crippen LogP contribution in [-0.2, 0) is 11.3 Å². The number of benzene rings is 1. The minimum absolute atomic E-state index is 0.0887. The van der Waals surface area contributed by atoms with E-state index in [1.165, 1.54) is 27.9 Å². The number of nitrogens with one attached hydrogen (secondary N) is 2. The van der Waals surface area contributed by atoms with Crippen molar-refractivity contribution in [1.29, 1.82) is 0 Å². The van der Waals surface area contributed by atoms with Crippen LogP contribution in [0.4, 0.5) is 11.6 Å². The number of nitrogens with zero attached hydrogens (tertiary/aromatic N) is 7. The number of fused-ring (bicyclic) bond motifs is 2. The Morgan fingerprint density at radius 2 is 2.07 bits per heavy atom. The fourth-order valence-electron chi connectivity index (χ4n) is 5.17. The number of hydrogen-bond acceptors (Lipinski definition) is 8. The number of aromatic amines is 1. The third-order valence-electron chi connectivity index (χ3n) is 7.65. The maximum absolute atomic E-state index is 13.3. The Bertz CT molecular complexity index is 1680. The fraction of sp³-hybridized carbons (Fsp3) is 0.367. The van der Waals surface area contributed by atoms with E-state index in [-0.39, 0.29) is 18.1 Å². The molecule has 11 heteroatoms. The highest BCUT2D eigenvalue weighted by Crippen LogP contribution is 2.34. The van der Waals surface area contributed by atoms with Crippen LogP contribution in [0.3, 0.4) is 0 Å². The summed E-state index contributed by atoms with van der Waals surface area (Å²) in [4.78, 5) is 39.5. The molecule has 41 heavy (non-hydrogen) atoms. The molecule has 1 aliphatic heterocycles. The zero-order valence-electron chi connectivity index (χ0n) is 24.0. The van der Waals surface area contributed by atoms with Crippen LogP contribution in [0.5, 0.6) is 0 Å². The average Bonchev–Trinajstić information content (AvgIpc) is 3.50. The minimum Gasteiger partial charge on any atom is -0.361 e. The summed E-state index contributed by atoms with van der Waals surface area (Å²) in [6, 6.07) is 6.29. The second-order valence-corrected chi connectivity index (χ2v) is 10.7. The van der Waals surface area contributed by atoms with Gasteiger partial charge in [0, 0.05) is 42.1 Å². The van der Waals surface area contributed by atoms with E-state index in [9.17, 15) is 9.59 Å². The summed E-state index contributed by atoms with van der Waals surface area (Å²) >= 11 is 0. The van der Waals surface area contributed by atoms with Gasteiger partial charge >= 0.3 is 0 Å². The second-order valence-electron chi connectivity index (χ2n) is 10.7. The van der Waals surface area contributed by atoms with Crippen molar-refractivity contribution in [3.63, 3.8) is 0 Å². The molecule has 2 N–H and O–H groups in total. The number of piperidine rings is 1. The molecule has 11 nitrogen and oxygen atoms in total. The maximum Gasteiger partial charge on any atom is 0.278 e. The van der Waals surface area contributed by atoms with Crippen molar-refractivity contribution in [2.45, 2.75) is 45.2 Å². The lowest BCUT2D eigenvalue weighted by Crippen LogP contribution is -2.30. The highest BCUT2D eigenvalue weighted by molar-refractivity contribution is 6.01. The van der Waals surface area contributed by atoms with Crippen molar-refractivity contribution in [2.24, 2.45) is 5.10 Å². The van der Waals surface area contributed by atoms with E-state index in [1.54, 1.807) is 21.8 Å². The molecule has 4 aromatic rings. The van der Waals surface area contributed by atoms with Gasteiger partial charge in [-0.15, -0.1) is 6.58 Å². The molecule has 0 radical (unpaired) electrons. The molecule has 0 spiro atoms. The van der Waals surface area contributed by atoms with Crippen molar-refractivity contribution in [3.05, 3.63) is 71.3 Å². The lowest BCUT2D eigenvalue weighted by molar-refractivity contribution is -0.104. The molecule has 1 aliphatic rings. The number of carbonyl (C=O) groups is 1. The summed E-state index contributed by atoms with van der Waals surface area (Å²) in [6.07, 6.45) is 11.2. The van der Waals surface area contributed by atoms with Crippen LogP contribution in [0.2, 0.25) is 0 Å². The average molecular weight is 556 g/mol. The summed E-state index contributed by atoms with van der Waals surface area (Å²) in [7, 11) is 4.01. The Hall–Kier alpha value is -4.51. The number of aldehydes is 1. The van der Waals surface area contributed by atoms with Gasteiger partial charge in [-0.05, 0) is 82.6 Å². The third kappa shape index (κ3) is 5.71. The predicted molar refractivity (Wildman–Crippen MR) is 164 cm³/mol. The van der Waals surface area contributed by atoms with Crippen LogP contribution in [0, 0.1) is 0 Å². The number of carbonyl (C=O) groups excluding carboxylic acids is 1. The third-order valence-corrected chi connectivity index (χ3v) is 7.65. The SMILES string of the molecule is C=CCn1c(=O)c2cnc(Nc3ccc4c(C5CCN(C)CC5)c[nH]c4c3)nc2n1C(/C=C\C=O)=N/N(C)C(C)C. The zero-order valence-corrected chi connectivity index (χ0v) is 24.0. The summed E-state index contributed by atoms with van der Waals surface area (Å²) in [5.74, 6) is 1.25. The molecular formula is C30H37N9O2. The first-order valence-corrected chi connectivity index (χ1v) is 13.9. The first-order valence-electron chi connectivity index (χ1n) is 13.9. The van der Waals surface area contributed by atoms with Crippen molar-refractivity contribution in [1.82, 2.24) is 34.2 Å². The number of hydrogen-bond donors (Lipinski definition) is 2. The van der Waals surface area contributed by atoms with E-state index >= 15 is 0 Å². The van der Waals surface area contributed by atoms with E-state index in [2.05, 4.69) is 57.2 Å². The lowest BCUT2D eigenvalue weighted by atomic mass is 9.89. The zero-order chi connectivity index (χ0) is 29.1. The van der Waals surface area contributed by atoms with Gasteiger partial charge in [0.05, 0.1) is 6.54 Å².